The van der Waals surface area contributed by atoms with E-state index in [0.29, 0.717) is 5.56 Å². The first-order chi connectivity index (χ1) is 5.79. The molecule has 12 heavy (non-hydrogen) atoms. The maximum atomic E-state index is 8.82. The maximum absolute atomic E-state index is 8.82. The van der Waals surface area contributed by atoms with Crippen LogP contribution in [0.3, 0.4) is 0 Å². The fourth-order valence-corrected chi connectivity index (χ4v) is 1.68. The van der Waals surface area contributed by atoms with Crippen molar-refractivity contribution in [3.8, 4) is 6.07 Å². The summed E-state index contributed by atoms with van der Waals surface area (Å²) in [7, 11) is 0. The number of hydrogen-bond donors (Lipinski definition) is 0. The lowest BCUT2D eigenvalue weighted by molar-refractivity contribution is 1.09. The lowest BCUT2D eigenvalue weighted by Crippen LogP contribution is -1.89. The Morgan fingerprint density at radius 1 is 1.67 bits per heavy atom. The normalized spacial score (nSPS) is 9.42. The zero-order valence-corrected chi connectivity index (χ0v) is 7.98. The van der Waals surface area contributed by atoms with E-state index >= 15 is 0 Å². The highest BCUT2D eigenvalue weighted by molar-refractivity contribution is 7.99. The van der Waals surface area contributed by atoms with E-state index in [1.54, 1.807) is 18.0 Å². The SMILES string of the molecule is CCSc1nccc(C)c1C#N. The number of hydrogen-bond acceptors (Lipinski definition) is 3. The van der Waals surface area contributed by atoms with Crippen molar-refractivity contribution >= 4 is 11.8 Å². The summed E-state index contributed by atoms with van der Waals surface area (Å²) >= 11 is 1.61. The van der Waals surface area contributed by atoms with Crippen molar-refractivity contribution in [3.63, 3.8) is 0 Å². The lowest BCUT2D eigenvalue weighted by atomic mass is 10.2. The average Bonchev–Trinajstić information content (AvgIpc) is 2.05. The van der Waals surface area contributed by atoms with E-state index in [1.165, 1.54) is 0 Å². The molecule has 0 spiro atoms. The van der Waals surface area contributed by atoms with Crippen LogP contribution < -0.4 is 0 Å². The molecule has 0 saturated carbocycles. The third-order valence-corrected chi connectivity index (χ3v) is 2.39. The highest BCUT2D eigenvalue weighted by Gasteiger charge is 2.04. The Hall–Kier alpha value is -1.01. The molecule has 0 N–H and O–H groups in total. The van der Waals surface area contributed by atoms with Crippen molar-refractivity contribution < 1.29 is 0 Å². The molecule has 0 bridgehead atoms. The smallest absolute Gasteiger partial charge is 0.114 e. The summed E-state index contributed by atoms with van der Waals surface area (Å²) in [5.74, 6) is 0.950. The molecular formula is C9H10N2S. The zero-order valence-electron chi connectivity index (χ0n) is 7.16. The van der Waals surface area contributed by atoms with Crippen LogP contribution in [-0.4, -0.2) is 10.7 Å². The fourth-order valence-electron chi connectivity index (χ4n) is 0.915. The van der Waals surface area contributed by atoms with Gasteiger partial charge in [-0.1, -0.05) is 6.92 Å². The molecule has 0 amide bonds. The first-order valence-electron chi connectivity index (χ1n) is 3.78. The molecule has 62 valence electrons. The summed E-state index contributed by atoms with van der Waals surface area (Å²) < 4.78 is 0. The third-order valence-electron chi connectivity index (χ3n) is 1.52. The Labute approximate surface area is 76.6 Å². The minimum absolute atomic E-state index is 0.712. The molecule has 0 aliphatic carbocycles. The van der Waals surface area contributed by atoms with Crippen LogP contribution in [0, 0.1) is 18.3 Å². The second-order valence-corrected chi connectivity index (χ2v) is 3.61. The number of nitriles is 1. The van der Waals surface area contributed by atoms with Crippen molar-refractivity contribution in [2.75, 3.05) is 5.75 Å². The Morgan fingerprint density at radius 2 is 2.42 bits per heavy atom. The molecule has 0 aromatic carbocycles. The van der Waals surface area contributed by atoms with Crippen LogP contribution in [0.5, 0.6) is 0 Å². The van der Waals surface area contributed by atoms with E-state index in [-0.39, 0.29) is 0 Å². The van der Waals surface area contributed by atoms with Gasteiger partial charge in [0.25, 0.3) is 0 Å². The van der Waals surface area contributed by atoms with Crippen molar-refractivity contribution in [1.29, 1.82) is 5.26 Å². The Balaban J connectivity index is 3.11. The zero-order chi connectivity index (χ0) is 8.97. The van der Waals surface area contributed by atoms with Crippen LogP contribution in [0.25, 0.3) is 0 Å². The minimum atomic E-state index is 0.712. The molecule has 0 unspecified atom stereocenters. The predicted octanol–water partition coefficient (Wildman–Crippen LogP) is 2.37. The topological polar surface area (TPSA) is 36.7 Å². The van der Waals surface area contributed by atoms with Gasteiger partial charge in [-0.05, 0) is 24.3 Å². The van der Waals surface area contributed by atoms with Gasteiger partial charge in [0.05, 0.1) is 5.56 Å². The molecule has 2 nitrogen and oxygen atoms in total. The molecule has 1 aromatic rings. The Kier molecular flexibility index (Phi) is 3.12. The largest absolute Gasteiger partial charge is 0.249 e. The monoisotopic (exact) mass is 178 g/mol. The van der Waals surface area contributed by atoms with E-state index in [1.807, 2.05) is 13.0 Å². The number of aryl methyl sites for hydroxylation is 1. The standard InChI is InChI=1S/C9H10N2S/c1-3-12-9-8(6-10)7(2)4-5-11-9/h4-5H,3H2,1-2H3. The van der Waals surface area contributed by atoms with Crippen LogP contribution in [-0.2, 0) is 0 Å². The second kappa shape index (κ2) is 4.13. The third kappa shape index (κ3) is 1.77. The highest BCUT2D eigenvalue weighted by Crippen LogP contribution is 2.21. The predicted molar refractivity (Wildman–Crippen MR) is 50.1 cm³/mol. The molecule has 0 aliphatic rings. The quantitative estimate of drug-likeness (QED) is 0.652. The van der Waals surface area contributed by atoms with E-state index < -0.39 is 0 Å². The fraction of sp³-hybridized carbons (Fsp3) is 0.333. The van der Waals surface area contributed by atoms with Gasteiger partial charge in [0.2, 0.25) is 0 Å². The molecule has 3 heteroatoms. The van der Waals surface area contributed by atoms with Gasteiger partial charge in [-0.3, -0.25) is 0 Å². The van der Waals surface area contributed by atoms with Gasteiger partial charge in [-0.15, -0.1) is 11.8 Å². The van der Waals surface area contributed by atoms with Gasteiger partial charge in [0.15, 0.2) is 0 Å². The Bertz CT molecular complexity index is 315. The number of pyridine rings is 1. The average molecular weight is 178 g/mol. The van der Waals surface area contributed by atoms with Crippen LogP contribution >= 0.6 is 11.8 Å². The van der Waals surface area contributed by atoms with E-state index in [2.05, 4.69) is 18.0 Å². The molecule has 0 aliphatic heterocycles. The number of rotatable bonds is 2. The van der Waals surface area contributed by atoms with Gasteiger partial charge in [0.1, 0.15) is 11.1 Å². The molecule has 0 atom stereocenters. The summed E-state index contributed by atoms with van der Waals surface area (Å²) in [5, 5.41) is 9.67. The van der Waals surface area contributed by atoms with Gasteiger partial charge in [-0.25, -0.2) is 4.98 Å². The summed E-state index contributed by atoms with van der Waals surface area (Å²) in [5.41, 5.74) is 1.72. The number of aromatic nitrogens is 1. The van der Waals surface area contributed by atoms with Crippen LogP contribution in [0.4, 0.5) is 0 Å². The van der Waals surface area contributed by atoms with E-state index in [4.69, 9.17) is 5.26 Å². The van der Waals surface area contributed by atoms with Crippen molar-refractivity contribution in [2.45, 2.75) is 18.9 Å². The molecule has 1 aromatic heterocycles. The van der Waals surface area contributed by atoms with Crippen LogP contribution in [0.1, 0.15) is 18.1 Å². The Morgan fingerprint density at radius 3 is 3.00 bits per heavy atom. The lowest BCUT2D eigenvalue weighted by Gasteiger charge is -2.01. The summed E-state index contributed by atoms with van der Waals surface area (Å²) in [6.07, 6.45) is 1.74. The minimum Gasteiger partial charge on any atom is -0.249 e. The van der Waals surface area contributed by atoms with E-state index in [0.717, 1.165) is 16.3 Å². The molecule has 0 fully saturated rings. The van der Waals surface area contributed by atoms with Crippen molar-refractivity contribution in [1.82, 2.24) is 4.98 Å². The maximum Gasteiger partial charge on any atom is 0.114 e. The van der Waals surface area contributed by atoms with Gasteiger partial charge in [0, 0.05) is 6.20 Å². The molecule has 0 radical (unpaired) electrons. The summed E-state index contributed by atoms with van der Waals surface area (Å²) in [6, 6.07) is 4.02. The number of nitrogens with zero attached hydrogens (tertiary/aromatic N) is 2. The van der Waals surface area contributed by atoms with Gasteiger partial charge >= 0.3 is 0 Å². The second-order valence-electron chi connectivity index (χ2n) is 2.35. The molecule has 1 rings (SSSR count). The highest BCUT2D eigenvalue weighted by atomic mass is 32.2. The molecule has 0 saturated heterocycles. The van der Waals surface area contributed by atoms with E-state index in [9.17, 15) is 0 Å². The van der Waals surface area contributed by atoms with Gasteiger partial charge in [-0.2, -0.15) is 5.26 Å². The number of thioether (sulfide) groups is 1. The van der Waals surface area contributed by atoms with Crippen molar-refractivity contribution in [3.05, 3.63) is 23.4 Å². The first-order valence-corrected chi connectivity index (χ1v) is 4.76. The first kappa shape index (κ1) is 9.08. The van der Waals surface area contributed by atoms with Crippen LogP contribution in [0.2, 0.25) is 0 Å². The molecule has 1 heterocycles. The molecular weight excluding hydrogens is 168 g/mol. The van der Waals surface area contributed by atoms with Crippen molar-refractivity contribution in [2.24, 2.45) is 0 Å². The summed E-state index contributed by atoms with van der Waals surface area (Å²) in [6.45, 7) is 3.98. The van der Waals surface area contributed by atoms with Crippen LogP contribution in [0.15, 0.2) is 17.3 Å². The van der Waals surface area contributed by atoms with Gasteiger partial charge < -0.3 is 0 Å². The summed E-state index contributed by atoms with van der Waals surface area (Å²) in [4.78, 5) is 4.14.